The SMILES string of the molecule is CCc1noc(C)c1CN1CCCC(NC)C1.Cl. The molecule has 0 spiro atoms. The zero-order valence-electron chi connectivity index (χ0n) is 11.5. The van der Waals surface area contributed by atoms with E-state index in [1.807, 2.05) is 6.92 Å². The van der Waals surface area contributed by atoms with Crippen LogP contribution in [0.15, 0.2) is 4.52 Å². The number of rotatable bonds is 4. The highest BCUT2D eigenvalue weighted by Crippen LogP contribution is 2.19. The summed E-state index contributed by atoms with van der Waals surface area (Å²) in [4.78, 5) is 2.50. The number of hydrogen-bond acceptors (Lipinski definition) is 4. The van der Waals surface area contributed by atoms with Gasteiger partial charge in [-0.1, -0.05) is 12.1 Å². The van der Waals surface area contributed by atoms with Gasteiger partial charge in [-0.2, -0.15) is 0 Å². The van der Waals surface area contributed by atoms with Crippen molar-refractivity contribution in [3.05, 3.63) is 17.0 Å². The van der Waals surface area contributed by atoms with Crippen molar-refractivity contribution in [2.45, 2.75) is 45.7 Å². The number of aryl methyl sites for hydroxylation is 2. The molecule has 1 aromatic heterocycles. The summed E-state index contributed by atoms with van der Waals surface area (Å²) in [6.07, 6.45) is 3.52. The molecule has 1 aliphatic heterocycles. The first-order chi connectivity index (χ1) is 8.24. The number of likely N-dealkylation sites (N-methyl/N-ethyl adjacent to an activating group) is 1. The van der Waals surface area contributed by atoms with Crippen molar-refractivity contribution in [1.29, 1.82) is 0 Å². The lowest BCUT2D eigenvalue weighted by Crippen LogP contribution is -2.44. The number of likely N-dealkylation sites (tertiary alicyclic amines) is 1. The Labute approximate surface area is 116 Å². The summed E-state index contributed by atoms with van der Waals surface area (Å²) in [6.45, 7) is 7.45. The van der Waals surface area contributed by atoms with Gasteiger partial charge in [0, 0.05) is 24.7 Å². The minimum atomic E-state index is 0. The van der Waals surface area contributed by atoms with Crippen molar-refractivity contribution in [3.63, 3.8) is 0 Å². The van der Waals surface area contributed by atoms with E-state index in [2.05, 4.69) is 29.3 Å². The quantitative estimate of drug-likeness (QED) is 0.913. The molecule has 1 saturated heterocycles. The van der Waals surface area contributed by atoms with Crippen LogP contribution in [0.3, 0.4) is 0 Å². The largest absolute Gasteiger partial charge is 0.361 e. The standard InChI is InChI=1S/C13H23N3O.ClH/c1-4-13-12(10(2)17-15-13)9-16-7-5-6-11(8-16)14-3;/h11,14H,4-9H2,1-3H3;1H. The Morgan fingerprint density at radius 3 is 2.94 bits per heavy atom. The highest BCUT2D eigenvalue weighted by Gasteiger charge is 2.21. The van der Waals surface area contributed by atoms with Gasteiger partial charge in [-0.25, -0.2) is 0 Å². The molecule has 1 atom stereocenters. The molecule has 104 valence electrons. The van der Waals surface area contributed by atoms with E-state index in [4.69, 9.17) is 4.52 Å². The van der Waals surface area contributed by atoms with Gasteiger partial charge in [0.1, 0.15) is 5.76 Å². The maximum atomic E-state index is 5.29. The predicted octanol–water partition coefficient (Wildman–Crippen LogP) is 2.15. The van der Waals surface area contributed by atoms with Crippen LogP contribution < -0.4 is 5.32 Å². The van der Waals surface area contributed by atoms with Gasteiger partial charge in [-0.3, -0.25) is 4.90 Å². The summed E-state index contributed by atoms with van der Waals surface area (Å²) in [6, 6.07) is 0.633. The Kier molecular flexibility index (Phi) is 6.12. The summed E-state index contributed by atoms with van der Waals surface area (Å²) in [5.74, 6) is 0.980. The highest BCUT2D eigenvalue weighted by molar-refractivity contribution is 5.85. The van der Waals surface area contributed by atoms with Crippen molar-refractivity contribution >= 4 is 12.4 Å². The van der Waals surface area contributed by atoms with Gasteiger partial charge in [-0.05, 0) is 39.8 Å². The van der Waals surface area contributed by atoms with Crippen LogP contribution in [0.1, 0.15) is 36.8 Å². The molecule has 1 aliphatic rings. The summed E-state index contributed by atoms with van der Waals surface area (Å²) in [5, 5.41) is 7.50. The third-order valence-electron chi connectivity index (χ3n) is 3.70. The highest BCUT2D eigenvalue weighted by atomic mass is 35.5. The van der Waals surface area contributed by atoms with Crippen LogP contribution in [-0.2, 0) is 13.0 Å². The van der Waals surface area contributed by atoms with E-state index in [-0.39, 0.29) is 12.4 Å². The van der Waals surface area contributed by atoms with Gasteiger partial charge < -0.3 is 9.84 Å². The molecule has 0 amide bonds. The first-order valence-corrected chi connectivity index (χ1v) is 6.58. The van der Waals surface area contributed by atoms with Crippen LogP contribution in [0.2, 0.25) is 0 Å². The molecule has 0 bridgehead atoms. The van der Waals surface area contributed by atoms with Crippen LogP contribution in [0.5, 0.6) is 0 Å². The molecule has 1 unspecified atom stereocenters. The van der Waals surface area contributed by atoms with E-state index < -0.39 is 0 Å². The van der Waals surface area contributed by atoms with Gasteiger partial charge in [-0.15, -0.1) is 12.4 Å². The zero-order valence-corrected chi connectivity index (χ0v) is 12.3. The average Bonchev–Trinajstić information content (AvgIpc) is 2.71. The van der Waals surface area contributed by atoms with Crippen molar-refractivity contribution in [3.8, 4) is 0 Å². The fourth-order valence-corrected chi connectivity index (χ4v) is 2.58. The van der Waals surface area contributed by atoms with Gasteiger partial charge in [0.05, 0.1) is 5.69 Å². The minimum absolute atomic E-state index is 0. The summed E-state index contributed by atoms with van der Waals surface area (Å²) >= 11 is 0. The second-order valence-electron chi connectivity index (χ2n) is 4.88. The van der Waals surface area contributed by atoms with Crippen molar-refractivity contribution in [2.75, 3.05) is 20.1 Å². The molecule has 4 nitrogen and oxygen atoms in total. The van der Waals surface area contributed by atoms with Crippen molar-refractivity contribution < 1.29 is 4.52 Å². The van der Waals surface area contributed by atoms with Gasteiger partial charge in [0.2, 0.25) is 0 Å². The Balaban J connectivity index is 0.00000162. The first kappa shape index (κ1) is 15.5. The second kappa shape index (κ2) is 7.12. The van der Waals surface area contributed by atoms with E-state index in [9.17, 15) is 0 Å². The molecule has 1 aromatic rings. The van der Waals surface area contributed by atoms with Crippen LogP contribution in [0.4, 0.5) is 0 Å². The summed E-state index contributed by atoms with van der Waals surface area (Å²) in [7, 11) is 2.05. The molecule has 0 saturated carbocycles. The zero-order chi connectivity index (χ0) is 12.3. The Hall–Kier alpha value is -0.580. The third kappa shape index (κ3) is 3.46. The summed E-state index contributed by atoms with van der Waals surface area (Å²) < 4.78 is 5.29. The average molecular weight is 274 g/mol. The number of hydrogen-bond donors (Lipinski definition) is 1. The number of aromatic nitrogens is 1. The first-order valence-electron chi connectivity index (χ1n) is 6.58. The molecule has 2 rings (SSSR count). The van der Waals surface area contributed by atoms with Crippen LogP contribution in [0.25, 0.3) is 0 Å². The summed E-state index contributed by atoms with van der Waals surface area (Å²) in [5.41, 5.74) is 2.42. The number of piperidine rings is 1. The van der Waals surface area contributed by atoms with E-state index in [1.54, 1.807) is 0 Å². The second-order valence-corrected chi connectivity index (χ2v) is 4.88. The molecule has 0 radical (unpaired) electrons. The maximum Gasteiger partial charge on any atom is 0.138 e. The van der Waals surface area contributed by atoms with Gasteiger partial charge in [0.25, 0.3) is 0 Å². The van der Waals surface area contributed by atoms with E-state index in [0.29, 0.717) is 6.04 Å². The third-order valence-corrected chi connectivity index (χ3v) is 3.70. The molecular formula is C13H24ClN3O. The lowest BCUT2D eigenvalue weighted by Gasteiger charge is -2.32. The maximum absolute atomic E-state index is 5.29. The van der Waals surface area contributed by atoms with E-state index in [1.165, 1.54) is 24.9 Å². The molecule has 1 N–H and O–H groups in total. The topological polar surface area (TPSA) is 41.3 Å². The normalized spacial score (nSPS) is 20.7. The van der Waals surface area contributed by atoms with Crippen LogP contribution >= 0.6 is 12.4 Å². The van der Waals surface area contributed by atoms with Crippen molar-refractivity contribution in [2.24, 2.45) is 0 Å². The molecule has 5 heteroatoms. The van der Waals surface area contributed by atoms with E-state index in [0.717, 1.165) is 31.0 Å². The molecular weight excluding hydrogens is 250 g/mol. The fraction of sp³-hybridized carbons (Fsp3) is 0.769. The molecule has 2 heterocycles. The Morgan fingerprint density at radius 2 is 2.28 bits per heavy atom. The molecule has 18 heavy (non-hydrogen) atoms. The monoisotopic (exact) mass is 273 g/mol. The number of nitrogens with one attached hydrogen (secondary N) is 1. The fourth-order valence-electron chi connectivity index (χ4n) is 2.58. The Bertz CT molecular complexity index is 367. The van der Waals surface area contributed by atoms with Crippen molar-refractivity contribution in [1.82, 2.24) is 15.4 Å². The molecule has 0 aliphatic carbocycles. The molecule has 1 fully saturated rings. The predicted molar refractivity (Wildman–Crippen MR) is 75.2 cm³/mol. The van der Waals surface area contributed by atoms with Crippen LogP contribution in [-0.4, -0.2) is 36.2 Å². The van der Waals surface area contributed by atoms with Crippen LogP contribution in [0, 0.1) is 6.92 Å². The minimum Gasteiger partial charge on any atom is -0.361 e. The van der Waals surface area contributed by atoms with Gasteiger partial charge >= 0.3 is 0 Å². The Morgan fingerprint density at radius 1 is 1.50 bits per heavy atom. The van der Waals surface area contributed by atoms with E-state index >= 15 is 0 Å². The lowest BCUT2D eigenvalue weighted by atomic mass is 10.0. The number of nitrogens with zero attached hydrogens (tertiary/aromatic N) is 2. The smallest absolute Gasteiger partial charge is 0.138 e. The number of halogens is 1. The van der Waals surface area contributed by atoms with Gasteiger partial charge in [0.15, 0.2) is 0 Å². The molecule has 0 aromatic carbocycles. The lowest BCUT2D eigenvalue weighted by molar-refractivity contribution is 0.187.